The zero-order valence-corrected chi connectivity index (χ0v) is 40.7. The van der Waals surface area contributed by atoms with Gasteiger partial charge in [0, 0.05) is 38.2 Å². The Kier molecular flexibility index (Phi) is 19.4. The molecule has 0 aromatic heterocycles. The fourth-order valence-corrected chi connectivity index (χ4v) is 10.9. The first-order chi connectivity index (χ1) is 33.4. The van der Waals surface area contributed by atoms with Crippen LogP contribution in [0.5, 0.6) is 17.2 Å². The van der Waals surface area contributed by atoms with E-state index in [4.69, 9.17) is 28.9 Å². The number of benzene rings is 4. The maximum atomic E-state index is 14.4. The largest absolute Gasteiger partial charge is 0.459 e. The van der Waals surface area contributed by atoms with Crippen molar-refractivity contribution in [3.05, 3.63) is 126 Å². The molecule has 6 atom stereocenters. The number of unbranched alkanes of at least 4 members (excludes halogenated alkanes) is 11. The SMILES string of the molecule is C=CCO[C@@]12Oc3ccc(Oc4ccc5ccccc5c4)cc3[C@H]3[C@H](CCCCO)[C@@H](CCCCO)C=C(C(=NOCc4ccccc4)C[C@@H]1N(C)C(=O)OCCCCCCCCCCCC)[C@H]32. The highest BCUT2D eigenvalue weighted by molar-refractivity contribution is 6.03. The first kappa shape index (κ1) is 50.7. The molecule has 2 N–H and O–H groups in total. The summed E-state index contributed by atoms with van der Waals surface area (Å²) in [5.74, 6) is 0.282. The van der Waals surface area contributed by atoms with Gasteiger partial charge >= 0.3 is 6.09 Å². The standard InChI is InChI=1S/C58H76N2O8/c1-4-6-7-8-9-10-11-12-13-23-37-64-57(63)60(3)54-41-52(59-66-42-43-24-15-14-16-25-43)50-39-46(28-19-21-34-61)49(29-20-22-35-62)55-51-40-48(67-47-31-30-44-26-17-18-27-45(44)38-47)32-33-53(51)68-58(54,56(50)55)65-36-5-2/h5,14-18,24-27,30-33,38-40,46,49,54-56,61-62H,2,4,6-13,19-23,28-29,34-37,41-42H2,1,3H3/t46-,49+,54-,55+,56+,58+/m0/s1. The van der Waals surface area contributed by atoms with Crippen LogP contribution < -0.4 is 9.47 Å². The van der Waals surface area contributed by atoms with Gasteiger partial charge in [0.05, 0.1) is 24.8 Å². The van der Waals surface area contributed by atoms with Crippen molar-refractivity contribution in [1.82, 2.24) is 4.90 Å². The molecule has 0 saturated heterocycles. The summed E-state index contributed by atoms with van der Waals surface area (Å²) in [4.78, 5) is 22.3. The zero-order valence-electron chi connectivity index (χ0n) is 40.7. The molecular weight excluding hydrogens is 853 g/mol. The molecular formula is C58H76N2O8. The lowest BCUT2D eigenvalue weighted by molar-refractivity contribution is -0.253. The fourth-order valence-electron chi connectivity index (χ4n) is 10.9. The molecule has 0 spiro atoms. The molecule has 10 heteroatoms. The molecule has 1 heterocycles. The second-order valence-electron chi connectivity index (χ2n) is 19.0. The van der Waals surface area contributed by atoms with Gasteiger partial charge in [0.25, 0.3) is 0 Å². The lowest BCUT2D eigenvalue weighted by Crippen LogP contribution is -2.69. The minimum absolute atomic E-state index is 0.0816. The van der Waals surface area contributed by atoms with Gasteiger partial charge in [0.2, 0.25) is 5.79 Å². The number of aliphatic hydroxyl groups excluding tert-OH is 2. The molecule has 0 unspecified atom stereocenters. The molecule has 3 aliphatic rings. The first-order valence-electron chi connectivity index (χ1n) is 25.7. The number of ether oxygens (including phenoxy) is 4. The summed E-state index contributed by atoms with van der Waals surface area (Å²) in [5, 5.41) is 27.2. The van der Waals surface area contributed by atoms with Gasteiger partial charge < -0.3 is 38.9 Å². The number of rotatable bonds is 28. The van der Waals surface area contributed by atoms with Crippen molar-refractivity contribution in [1.29, 1.82) is 0 Å². The van der Waals surface area contributed by atoms with E-state index in [1.54, 1.807) is 18.0 Å². The normalized spacial score (nSPS) is 22.1. The molecule has 0 bridgehead atoms. The van der Waals surface area contributed by atoms with E-state index < -0.39 is 23.8 Å². The number of likely N-dealkylation sites (N-methyl/N-ethyl adjacent to an activating group) is 1. The molecule has 1 aliphatic heterocycles. The molecule has 2 aliphatic carbocycles. The highest BCUT2D eigenvalue weighted by Crippen LogP contribution is 2.62. The molecule has 1 saturated carbocycles. The summed E-state index contributed by atoms with van der Waals surface area (Å²) in [6, 6.07) is 29.8. The summed E-state index contributed by atoms with van der Waals surface area (Å²) < 4.78 is 27.2. The quantitative estimate of drug-likeness (QED) is 0.0328. The van der Waals surface area contributed by atoms with Gasteiger partial charge in [-0.15, -0.1) is 6.58 Å². The maximum absolute atomic E-state index is 14.4. The van der Waals surface area contributed by atoms with Crippen LogP contribution in [0.25, 0.3) is 10.8 Å². The van der Waals surface area contributed by atoms with Crippen LogP contribution in [-0.2, 0) is 20.9 Å². The van der Waals surface area contributed by atoms with Gasteiger partial charge in [0.15, 0.2) is 0 Å². The number of allylic oxidation sites excluding steroid dienone is 1. The number of fused-ring (bicyclic) bond motifs is 3. The number of hydrogen-bond donors (Lipinski definition) is 2. The Morgan fingerprint density at radius 1 is 0.809 bits per heavy atom. The van der Waals surface area contributed by atoms with Crippen molar-refractivity contribution in [2.45, 2.75) is 140 Å². The van der Waals surface area contributed by atoms with Crippen LogP contribution in [0.1, 0.15) is 133 Å². The summed E-state index contributed by atoms with van der Waals surface area (Å²) in [6.07, 6.45) is 20.6. The third-order valence-corrected chi connectivity index (χ3v) is 14.3. The van der Waals surface area contributed by atoms with E-state index in [0.717, 1.165) is 83.9 Å². The van der Waals surface area contributed by atoms with Gasteiger partial charge in [-0.1, -0.05) is 156 Å². The molecule has 0 radical (unpaired) electrons. The fraction of sp³-hybridized carbons (Fsp3) is 0.517. The van der Waals surface area contributed by atoms with Crippen LogP contribution in [0, 0.1) is 17.8 Å². The minimum Gasteiger partial charge on any atom is -0.459 e. The highest BCUT2D eigenvalue weighted by Gasteiger charge is 2.65. The average molecular weight is 929 g/mol. The Labute approximate surface area is 405 Å². The van der Waals surface area contributed by atoms with Crippen LogP contribution in [0.4, 0.5) is 4.79 Å². The van der Waals surface area contributed by atoms with Crippen LogP contribution in [0.15, 0.2) is 120 Å². The summed E-state index contributed by atoms with van der Waals surface area (Å²) in [6.45, 7) is 7.34. The smallest absolute Gasteiger partial charge is 0.409 e. The van der Waals surface area contributed by atoms with Crippen molar-refractivity contribution >= 4 is 22.6 Å². The van der Waals surface area contributed by atoms with E-state index in [0.29, 0.717) is 37.4 Å². The van der Waals surface area contributed by atoms with Gasteiger partial charge in [0.1, 0.15) is 29.9 Å². The topological polar surface area (TPSA) is 119 Å². The van der Waals surface area contributed by atoms with Crippen LogP contribution in [0.2, 0.25) is 0 Å². The molecule has 4 aromatic carbocycles. The lowest BCUT2D eigenvalue weighted by Gasteiger charge is -2.59. The second-order valence-corrected chi connectivity index (χ2v) is 19.0. The van der Waals surface area contributed by atoms with Gasteiger partial charge in [-0.05, 0) is 96.2 Å². The van der Waals surface area contributed by atoms with Crippen molar-refractivity contribution in [2.24, 2.45) is 22.9 Å². The first-order valence-corrected chi connectivity index (χ1v) is 25.7. The number of carbonyl (C=O) groups is 1. The summed E-state index contributed by atoms with van der Waals surface area (Å²) >= 11 is 0. The molecule has 1 fully saturated rings. The summed E-state index contributed by atoms with van der Waals surface area (Å²) in [7, 11) is 1.79. The predicted molar refractivity (Wildman–Crippen MR) is 271 cm³/mol. The third-order valence-electron chi connectivity index (χ3n) is 14.3. The van der Waals surface area contributed by atoms with Crippen molar-refractivity contribution in [3.8, 4) is 17.2 Å². The monoisotopic (exact) mass is 929 g/mol. The molecule has 10 nitrogen and oxygen atoms in total. The van der Waals surface area contributed by atoms with E-state index in [-0.39, 0.29) is 44.2 Å². The number of aliphatic hydroxyl groups is 2. The van der Waals surface area contributed by atoms with Crippen molar-refractivity contribution in [3.63, 3.8) is 0 Å². The van der Waals surface area contributed by atoms with E-state index in [2.05, 4.69) is 49.9 Å². The number of nitrogens with zero attached hydrogens (tertiary/aromatic N) is 2. The van der Waals surface area contributed by atoms with Crippen molar-refractivity contribution < 1.29 is 38.8 Å². The molecule has 366 valence electrons. The van der Waals surface area contributed by atoms with E-state index in [1.165, 1.54) is 44.9 Å². The Morgan fingerprint density at radius 3 is 2.22 bits per heavy atom. The van der Waals surface area contributed by atoms with Crippen LogP contribution in [0.3, 0.4) is 0 Å². The van der Waals surface area contributed by atoms with Crippen molar-refractivity contribution in [2.75, 3.05) is 33.5 Å². The minimum atomic E-state index is -1.37. The zero-order chi connectivity index (χ0) is 47.6. The average Bonchev–Trinajstić information content (AvgIpc) is 3.36. The van der Waals surface area contributed by atoms with Gasteiger partial charge in [-0.2, -0.15) is 0 Å². The second kappa shape index (κ2) is 26.0. The molecule has 1 amide bonds. The number of carbonyl (C=O) groups excluding carboxylic acids is 1. The maximum Gasteiger partial charge on any atom is 0.409 e. The number of amides is 1. The van der Waals surface area contributed by atoms with E-state index in [1.807, 2.05) is 60.7 Å². The predicted octanol–water partition coefficient (Wildman–Crippen LogP) is 13.5. The van der Waals surface area contributed by atoms with Gasteiger partial charge in [-0.3, -0.25) is 0 Å². The highest BCUT2D eigenvalue weighted by atomic mass is 16.7. The van der Waals surface area contributed by atoms with Gasteiger partial charge in [-0.25, -0.2) is 4.79 Å². The third kappa shape index (κ3) is 12.7. The number of oxime groups is 1. The Morgan fingerprint density at radius 2 is 1.49 bits per heavy atom. The Hall–Kier alpha value is -5.16. The van der Waals surface area contributed by atoms with Crippen LogP contribution in [-0.4, -0.2) is 72.2 Å². The Bertz CT molecular complexity index is 2260. The van der Waals surface area contributed by atoms with Crippen LogP contribution >= 0.6 is 0 Å². The number of hydrogen-bond acceptors (Lipinski definition) is 9. The molecule has 4 aromatic rings. The molecule has 68 heavy (non-hydrogen) atoms. The van der Waals surface area contributed by atoms with E-state index >= 15 is 0 Å². The van der Waals surface area contributed by atoms with E-state index in [9.17, 15) is 15.0 Å². The Balaban J connectivity index is 1.26. The lowest BCUT2D eigenvalue weighted by atomic mass is 9.55. The molecule has 7 rings (SSSR count). The summed E-state index contributed by atoms with van der Waals surface area (Å²) in [5.41, 5.74) is 3.71.